The van der Waals surface area contributed by atoms with Gasteiger partial charge in [0.1, 0.15) is 6.04 Å². The number of carboxylic acids is 1. The maximum atomic E-state index is 13.7. The summed E-state index contributed by atoms with van der Waals surface area (Å²) < 4.78 is 0. The second kappa shape index (κ2) is 13.7. The Kier molecular flexibility index (Phi) is 9.90. The lowest BCUT2D eigenvalue weighted by Crippen LogP contribution is -2.49. The molecule has 3 aromatic carbocycles. The predicted octanol–water partition coefficient (Wildman–Crippen LogP) is 5.58. The molecule has 1 fully saturated rings. The van der Waals surface area contributed by atoms with E-state index in [1.807, 2.05) is 91.9 Å². The Bertz CT molecular complexity index is 1240. The van der Waals surface area contributed by atoms with Crippen molar-refractivity contribution in [2.75, 3.05) is 11.4 Å². The van der Waals surface area contributed by atoms with Crippen LogP contribution in [0.25, 0.3) is 0 Å². The van der Waals surface area contributed by atoms with Crippen LogP contribution in [0, 0.1) is 18.8 Å². The number of rotatable bonds is 11. The molecule has 0 spiro atoms. The molecule has 1 saturated heterocycles. The third-order valence-electron chi connectivity index (χ3n) is 7.64. The number of amides is 2. The number of para-hydroxylation sites is 1. The monoisotopic (exact) mass is 526 g/mol. The highest BCUT2D eigenvalue weighted by Gasteiger charge is 2.32. The molecule has 6 nitrogen and oxygen atoms in total. The number of carboxylic acid groups (broad SMARTS) is 1. The van der Waals surface area contributed by atoms with Crippen molar-refractivity contribution in [2.24, 2.45) is 11.8 Å². The van der Waals surface area contributed by atoms with Crippen LogP contribution >= 0.6 is 0 Å². The van der Waals surface area contributed by atoms with E-state index >= 15 is 0 Å². The summed E-state index contributed by atoms with van der Waals surface area (Å²) >= 11 is 0. The molecule has 39 heavy (non-hydrogen) atoms. The van der Waals surface area contributed by atoms with Crippen LogP contribution in [0.5, 0.6) is 0 Å². The summed E-state index contributed by atoms with van der Waals surface area (Å²) in [5, 5.41) is 13.0. The number of carbonyl (C=O) groups excluding carboxylic acids is 2. The van der Waals surface area contributed by atoms with Crippen molar-refractivity contribution in [1.82, 2.24) is 5.32 Å². The molecule has 0 aliphatic carbocycles. The van der Waals surface area contributed by atoms with E-state index < -0.39 is 23.8 Å². The average Bonchev–Trinajstić information content (AvgIpc) is 3.12. The number of aliphatic carboxylic acids is 1. The van der Waals surface area contributed by atoms with E-state index in [0.29, 0.717) is 38.6 Å². The number of aryl methyl sites for hydroxylation is 1. The Morgan fingerprint density at radius 2 is 1.41 bits per heavy atom. The summed E-state index contributed by atoms with van der Waals surface area (Å²) in [6.45, 7) is 2.62. The molecule has 0 bridgehead atoms. The van der Waals surface area contributed by atoms with E-state index in [9.17, 15) is 19.5 Å². The number of hydrogen-bond acceptors (Lipinski definition) is 3. The van der Waals surface area contributed by atoms with Crippen molar-refractivity contribution in [1.29, 1.82) is 0 Å². The van der Waals surface area contributed by atoms with Crippen LogP contribution in [0.1, 0.15) is 48.8 Å². The highest BCUT2D eigenvalue weighted by atomic mass is 16.4. The largest absolute Gasteiger partial charge is 0.481 e. The lowest BCUT2D eigenvalue weighted by molar-refractivity contribution is -0.142. The molecule has 0 aromatic heterocycles. The van der Waals surface area contributed by atoms with Crippen LogP contribution < -0.4 is 10.2 Å². The first-order valence-corrected chi connectivity index (χ1v) is 13.9. The van der Waals surface area contributed by atoms with Gasteiger partial charge in [0.2, 0.25) is 11.8 Å². The van der Waals surface area contributed by atoms with Gasteiger partial charge in [0.25, 0.3) is 0 Å². The van der Waals surface area contributed by atoms with E-state index in [1.54, 1.807) is 4.90 Å². The van der Waals surface area contributed by atoms with Crippen molar-refractivity contribution < 1.29 is 19.5 Å². The lowest BCUT2D eigenvalue weighted by Gasteiger charge is -2.28. The van der Waals surface area contributed by atoms with Crippen LogP contribution in [-0.2, 0) is 27.2 Å². The van der Waals surface area contributed by atoms with Gasteiger partial charge in [-0.3, -0.25) is 14.4 Å². The van der Waals surface area contributed by atoms with Crippen LogP contribution in [0.3, 0.4) is 0 Å². The quantitative estimate of drug-likeness (QED) is 0.342. The van der Waals surface area contributed by atoms with Gasteiger partial charge in [-0.05, 0) is 74.6 Å². The molecule has 0 saturated carbocycles. The van der Waals surface area contributed by atoms with Crippen LogP contribution in [0.4, 0.5) is 5.69 Å². The minimum absolute atomic E-state index is 0.0823. The van der Waals surface area contributed by atoms with Crippen molar-refractivity contribution >= 4 is 23.5 Å². The first kappa shape index (κ1) is 28.1. The molecule has 3 atom stereocenters. The van der Waals surface area contributed by atoms with Crippen LogP contribution in [0.2, 0.25) is 0 Å². The molecule has 204 valence electrons. The molecule has 2 amide bonds. The Hall–Kier alpha value is -3.93. The highest BCUT2D eigenvalue weighted by molar-refractivity contribution is 6.00. The number of nitrogens with zero attached hydrogens (tertiary/aromatic N) is 1. The molecule has 1 heterocycles. The third-order valence-corrected chi connectivity index (χ3v) is 7.64. The fraction of sp³-hybridized carbons (Fsp3) is 0.364. The molecule has 0 unspecified atom stereocenters. The van der Waals surface area contributed by atoms with E-state index in [1.165, 1.54) is 0 Å². The van der Waals surface area contributed by atoms with Gasteiger partial charge in [0, 0.05) is 18.2 Å². The average molecular weight is 527 g/mol. The first-order chi connectivity index (χ1) is 18.9. The molecule has 2 N–H and O–H groups in total. The van der Waals surface area contributed by atoms with Gasteiger partial charge in [0.15, 0.2) is 0 Å². The summed E-state index contributed by atoms with van der Waals surface area (Å²) in [6, 6.07) is 26.6. The van der Waals surface area contributed by atoms with Crippen LogP contribution in [-0.4, -0.2) is 35.5 Å². The van der Waals surface area contributed by atoms with Gasteiger partial charge in [-0.2, -0.15) is 0 Å². The van der Waals surface area contributed by atoms with E-state index in [0.717, 1.165) is 35.2 Å². The smallest absolute Gasteiger partial charge is 0.306 e. The third kappa shape index (κ3) is 7.79. The topological polar surface area (TPSA) is 86.7 Å². The summed E-state index contributed by atoms with van der Waals surface area (Å²) in [5.74, 6) is -2.15. The van der Waals surface area contributed by atoms with Crippen molar-refractivity contribution in [3.05, 3.63) is 102 Å². The Morgan fingerprint density at radius 1 is 0.846 bits per heavy atom. The summed E-state index contributed by atoms with van der Waals surface area (Å²) in [6.07, 6.45) is 4.03. The van der Waals surface area contributed by atoms with Gasteiger partial charge < -0.3 is 15.3 Å². The summed E-state index contributed by atoms with van der Waals surface area (Å²) in [5.41, 5.74) is 3.89. The normalized spacial score (nSPS) is 17.2. The van der Waals surface area contributed by atoms with E-state index in [2.05, 4.69) is 5.32 Å². The fourth-order valence-electron chi connectivity index (χ4n) is 5.41. The molecule has 4 rings (SSSR count). The molecule has 1 aliphatic rings. The summed E-state index contributed by atoms with van der Waals surface area (Å²) in [4.78, 5) is 41.2. The van der Waals surface area contributed by atoms with Crippen molar-refractivity contribution in [2.45, 2.75) is 57.9 Å². The first-order valence-electron chi connectivity index (χ1n) is 13.9. The Labute approximate surface area is 231 Å². The maximum Gasteiger partial charge on any atom is 0.306 e. The predicted molar refractivity (Wildman–Crippen MR) is 153 cm³/mol. The molecular formula is C33H38N2O4. The highest BCUT2D eigenvalue weighted by Crippen LogP contribution is 2.26. The molecule has 1 aliphatic heterocycles. The fourth-order valence-corrected chi connectivity index (χ4v) is 5.41. The zero-order valence-corrected chi connectivity index (χ0v) is 22.6. The van der Waals surface area contributed by atoms with Gasteiger partial charge in [-0.25, -0.2) is 0 Å². The van der Waals surface area contributed by atoms with E-state index in [-0.39, 0.29) is 11.8 Å². The number of benzene rings is 3. The SMILES string of the molecule is Cc1ccccc1N1CCCC[C@H](NC(=O)[C@H](CC[C@H](Cc2ccccc2)C(=O)O)Cc2ccccc2)C1=O. The van der Waals surface area contributed by atoms with Crippen molar-refractivity contribution in [3.63, 3.8) is 0 Å². The number of anilines is 1. The van der Waals surface area contributed by atoms with Crippen molar-refractivity contribution in [3.8, 4) is 0 Å². The molecule has 6 heteroatoms. The maximum absolute atomic E-state index is 13.7. The second-order valence-corrected chi connectivity index (χ2v) is 10.5. The number of nitrogens with one attached hydrogen (secondary N) is 1. The minimum atomic E-state index is -0.856. The van der Waals surface area contributed by atoms with Crippen LogP contribution in [0.15, 0.2) is 84.9 Å². The Morgan fingerprint density at radius 3 is 2.03 bits per heavy atom. The number of carbonyl (C=O) groups is 3. The standard InChI is InChI=1S/C33H38N2O4/c1-24-12-8-9-18-30(24)35-21-11-10-17-29(32(35)37)34-31(36)27(22-25-13-4-2-5-14-25)19-20-28(33(38)39)23-26-15-6-3-7-16-26/h2-9,12-16,18,27-29H,10-11,17,19-23H2,1H3,(H,34,36)(H,38,39)/t27-,28-,29+/m1/s1. The van der Waals surface area contributed by atoms with E-state index in [4.69, 9.17) is 0 Å². The number of hydrogen-bond donors (Lipinski definition) is 2. The van der Waals surface area contributed by atoms with Gasteiger partial charge in [0.05, 0.1) is 5.92 Å². The summed E-state index contributed by atoms with van der Waals surface area (Å²) in [7, 11) is 0. The van der Waals surface area contributed by atoms with Gasteiger partial charge >= 0.3 is 5.97 Å². The van der Waals surface area contributed by atoms with Gasteiger partial charge in [-0.1, -0.05) is 78.9 Å². The Balaban J connectivity index is 1.49. The second-order valence-electron chi connectivity index (χ2n) is 10.5. The van der Waals surface area contributed by atoms with Gasteiger partial charge in [-0.15, -0.1) is 0 Å². The molecular weight excluding hydrogens is 488 g/mol. The zero-order valence-electron chi connectivity index (χ0n) is 22.6. The lowest BCUT2D eigenvalue weighted by atomic mass is 9.87. The minimum Gasteiger partial charge on any atom is -0.481 e. The molecule has 0 radical (unpaired) electrons. The molecule has 3 aromatic rings. The zero-order chi connectivity index (χ0) is 27.6.